The van der Waals surface area contributed by atoms with Crippen LogP contribution in [0.15, 0.2) is 0 Å². The lowest BCUT2D eigenvalue weighted by atomic mass is 10.4. The predicted molar refractivity (Wildman–Crippen MR) is 22.5 cm³/mol. The lowest BCUT2D eigenvalue weighted by molar-refractivity contribution is -0.130. The lowest BCUT2D eigenvalue weighted by Crippen LogP contribution is -2.30. The summed E-state index contributed by atoms with van der Waals surface area (Å²) in [6.07, 6.45) is 0. The Labute approximate surface area is 41.3 Å². The van der Waals surface area contributed by atoms with Crippen molar-refractivity contribution >= 4 is 5.91 Å². The molecule has 0 rings (SSSR count). The molecular weight excluding hydrogens is 96.0 g/mol. The Kier molecular flexibility index (Phi) is 2.32. The topological polar surface area (TPSA) is 73.1 Å². The van der Waals surface area contributed by atoms with E-state index in [1.54, 1.807) is 0 Å². The number of carbonyl (C=O) groups is 1. The van der Waals surface area contributed by atoms with Crippen molar-refractivity contribution in [1.29, 1.82) is 0 Å². The van der Waals surface area contributed by atoms with Crippen molar-refractivity contribution in [3.8, 4) is 0 Å². The van der Waals surface area contributed by atoms with Crippen LogP contribution in [0.2, 0.25) is 0 Å². The minimum atomic E-state index is -0.884. The molecule has 0 heterocycles. The fourth-order valence-corrected chi connectivity index (χ4v) is 0.0968. The van der Waals surface area contributed by atoms with E-state index in [-0.39, 0.29) is 0 Å². The second-order valence-corrected chi connectivity index (χ2v) is 1.20. The van der Waals surface area contributed by atoms with Gasteiger partial charge in [-0.1, -0.05) is 0 Å². The average Bonchev–Trinajstić information content (AvgIpc) is 1.65. The van der Waals surface area contributed by atoms with E-state index in [2.05, 4.69) is 0 Å². The van der Waals surface area contributed by atoms with Gasteiger partial charge in [0.15, 0.2) is 0 Å². The molecule has 3 N–H and O–H groups in total. The Bertz CT molecular complexity index is 71.3. The quantitative estimate of drug-likeness (QED) is 0.335. The first-order chi connectivity index (χ1) is 3.18. The molecule has 0 saturated heterocycles. The maximum Gasteiger partial charge on any atom is 0.261 e. The number of amides is 1. The van der Waals surface area contributed by atoms with Gasteiger partial charge in [0.1, 0.15) is 0 Å². The van der Waals surface area contributed by atoms with Gasteiger partial charge in [0.05, 0.1) is 6.04 Å². The summed E-state index contributed by atoms with van der Waals surface area (Å²) in [5.41, 5.74) is 7.95. The van der Waals surface area contributed by atoms with Gasteiger partial charge >= 0.3 is 0 Å². The Morgan fingerprint density at radius 2 is 2.43 bits per heavy atom. The van der Waals surface area contributed by atoms with Gasteiger partial charge < -0.3 is 0 Å². The molecule has 1 atom stereocenters. The summed E-state index contributed by atoms with van der Waals surface area (Å²) in [7, 11) is 0. The highest BCUT2D eigenvalue weighted by Crippen LogP contribution is 1.72. The van der Waals surface area contributed by atoms with Crippen LogP contribution in [-0.2, 0) is 4.79 Å². The molecule has 1 amide bonds. The van der Waals surface area contributed by atoms with E-state index in [4.69, 9.17) is 10.9 Å². The van der Waals surface area contributed by atoms with Gasteiger partial charge in [-0.15, -0.1) is 0 Å². The molecule has 0 bridgehead atoms. The third-order valence-corrected chi connectivity index (χ3v) is 0.503. The number of hydroxylamine groups is 1. The molecule has 0 aromatic heterocycles. The van der Waals surface area contributed by atoms with Crippen molar-refractivity contribution in [2.45, 2.75) is 13.0 Å². The number of hydrogen-bond acceptors (Lipinski definition) is 2. The molecule has 0 aliphatic carbocycles. The zero-order valence-electron chi connectivity index (χ0n) is 3.93. The minimum absolute atomic E-state index is 0.681. The third kappa shape index (κ3) is 2.13. The first-order valence-electron chi connectivity index (χ1n) is 1.83. The van der Waals surface area contributed by atoms with Crippen LogP contribution in [-0.4, -0.2) is 17.2 Å². The maximum absolute atomic E-state index is 9.96. The molecule has 1 unspecified atom stereocenters. The van der Waals surface area contributed by atoms with E-state index in [9.17, 15) is 4.79 Å². The van der Waals surface area contributed by atoms with Gasteiger partial charge in [-0.05, 0) is 6.92 Å². The van der Waals surface area contributed by atoms with E-state index in [1.165, 1.54) is 12.4 Å². The molecule has 0 spiro atoms. The van der Waals surface area contributed by atoms with E-state index >= 15 is 0 Å². The molecular formula is C3H7N2O2. The van der Waals surface area contributed by atoms with E-state index < -0.39 is 11.9 Å². The highest BCUT2D eigenvalue weighted by molar-refractivity contribution is 5.79. The van der Waals surface area contributed by atoms with E-state index in [1.807, 2.05) is 0 Å². The van der Waals surface area contributed by atoms with Crippen LogP contribution in [0.5, 0.6) is 0 Å². The van der Waals surface area contributed by atoms with Crippen molar-refractivity contribution in [1.82, 2.24) is 11.2 Å². The van der Waals surface area contributed by atoms with Crippen LogP contribution < -0.4 is 11.2 Å². The first-order valence-corrected chi connectivity index (χ1v) is 1.83. The normalized spacial score (nSPS) is 13.0. The molecule has 0 aliphatic rings. The fraction of sp³-hybridized carbons (Fsp3) is 0.667. The fourth-order valence-electron chi connectivity index (χ4n) is 0.0968. The predicted octanol–water partition coefficient (Wildman–Crippen LogP) is -0.837. The van der Waals surface area contributed by atoms with Gasteiger partial charge in [-0.25, -0.2) is 11.2 Å². The molecule has 0 aromatic rings. The van der Waals surface area contributed by atoms with Gasteiger partial charge in [0.2, 0.25) is 0 Å². The highest BCUT2D eigenvalue weighted by atomic mass is 16.5. The SMILES string of the molecule is CC([NH])C(=O)NO. The molecule has 4 heteroatoms. The Balaban J connectivity index is 3.35. The number of hydrogen-bond donors (Lipinski definition) is 2. The van der Waals surface area contributed by atoms with Gasteiger partial charge in [-0.3, -0.25) is 10.0 Å². The molecule has 0 aliphatic heterocycles. The van der Waals surface area contributed by atoms with Crippen molar-refractivity contribution in [3.05, 3.63) is 0 Å². The summed E-state index contributed by atoms with van der Waals surface area (Å²) in [4.78, 5) is 9.96. The minimum Gasteiger partial charge on any atom is -0.289 e. The first kappa shape index (κ1) is 6.39. The van der Waals surface area contributed by atoms with Crippen LogP contribution in [0, 0.1) is 0 Å². The molecule has 0 saturated carbocycles. The second-order valence-electron chi connectivity index (χ2n) is 1.20. The van der Waals surface area contributed by atoms with Gasteiger partial charge in [-0.2, -0.15) is 0 Å². The standard InChI is InChI=1S/C3H7N2O2/c1-2(4)3(6)5-7/h2,4,7H,1H3,(H,5,6). The second kappa shape index (κ2) is 2.54. The summed E-state index contributed by atoms with van der Waals surface area (Å²) in [5, 5.41) is 7.79. The van der Waals surface area contributed by atoms with E-state index in [0.29, 0.717) is 0 Å². The number of rotatable bonds is 1. The largest absolute Gasteiger partial charge is 0.289 e. The lowest BCUT2D eigenvalue weighted by Gasteiger charge is -1.96. The summed E-state index contributed by atoms with van der Waals surface area (Å²) in [6.45, 7) is 1.37. The number of nitrogens with one attached hydrogen (secondary N) is 2. The van der Waals surface area contributed by atoms with Gasteiger partial charge in [0, 0.05) is 0 Å². The Morgan fingerprint density at radius 1 is 2.00 bits per heavy atom. The number of carbonyl (C=O) groups excluding carboxylic acids is 1. The zero-order valence-corrected chi connectivity index (χ0v) is 3.93. The van der Waals surface area contributed by atoms with Crippen molar-refractivity contribution in [3.63, 3.8) is 0 Å². The molecule has 4 nitrogen and oxygen atoms in total. The summed E-state index contributed by atoms with van der Waals surface area (Å²) in [6, 6.07) is -0.884. The molecule has 0 aromatic carbocycles. The molecule has 1 radical (unpaired) electrons. The van der Waals surface area contributed by atoms with Crippen LogP contribution in [0.4, 0.5) is 0 Å². The molecule has 0 fully saturated rings. The maximum atomic E-state index is 9.96. The van der Waals surface area contributed by atoms with Crippen molar-refractivity contribution in [2.24, 2.45) is 0 Å². The average molecular weight is 103 g/mol. The molecule has 7 heavy (non-hydrogen) atoms. The third-order valence-electron chi connectivity index (χ3n) is 0.503. The molecule has 41 valence electrons. The van der Waals surface area contributed by atoms with Crippen LogP contribution in [0.25, 0.3) is 0 Å². The summed E-state index contributed by atoms with van der Waals surface area (Å²) < 4.78 is 0. The Morgan fingerprint density at radius 3 is 2.43 bits per heavy atom. The smallest absolute Gasteiger partial charge is 0.261 e. The van der Waals surface area contributed by atoms with Crippen LogP contribution in [0.3, 0.4) is 0 Å². The monoisotopic (exact) mass is 103 g/mol. The highest BCUT2D eigenvalue weighted by Gasteiger charge is 2.03. The van der Waals surface area contributed by atoms with Crippen molar-refractivity contribution < 1.29 is 10.0 Å². The zero-order chi connectivity index (χ0) is 5.86. The summed E-state index contributed by atoms with van der Waals surface area (Å²) >= 11 is 0. The van der Waals surface area contributed by atoms with Crippen LogP contribution in [0.1, 0.15) is 6.92 Å². The Hall–Kier alpha value is -0.610. The van der Waals surface area contributed by atoms with Crippen LogP contribution >= 0.6 is 0 Å². The van der Waals surface area contributed by atoms with Gasteiger partial charge in [0.25, 0.3) is 5.91 Å². The summed E-state index contributed by atoms with van der Waals surface area (Å²) in [5.74, 6) is -0.681. The van der Waals surface area contributed by atoms with E-state index in [0.717, 1.165) is 0 Å². The van der Waals surface area contributed by atoms with Crippen molar-refractivity contribution in [2.75, 3.05) is 0 Å².